The van der Waals surface area contributed by atoms with Gasteiger partial charge in [0, 0.05) is 12.2 Å². The molecule has 1 aliphatic heterocycles. The number of rotatable bonds is 5. The van der Waals surface area contributed by atoms with Gasteiger partial charge in [0.15, 0.2) is 0 Å². The Morgan fingerprint density at radius 1 is 1.21 bits per heavy atom. The lowest BCUT2D eigenvalue weighted by Crippen LogP contribution is -2.45. The molecule has 0 fully saturated rings. The van der Waals surface area contributed by atoms with Gasteiger partial charge in [-0.1, -0.05) is 42.4 Å². The summed E-state index contributed by atoms with van der Waals surface area (Å²) in [5, 5.41) is 9.23. The molecule has 6 nitrogen and oxygen atoms in total. The standard InChI is InChI=1S/C21H22N4O2S/c1-4-14-8-10-15(11-9-14)18-17(13(3)25(5-2)21(26)22-18)20-23-19(24-27-20)16-7-6-12-28-16/h6-12,18H,4-5H2,1-3H3,(H,22,26). The van der Waals surface area contributed by atoms with Crippen LogP contribution in [0.2, 0.25) is 0 Å². The van der Waals surface area contributed by atoms with Crippen LogP contribution in [-0.2, 0) is 6.42 Å². The van der Waals surface area contributed by atoms with Gasteiger partial charge in [-0.25, -0.2) is 4.79 Å². The number of thiophene rings is 1. The number of allylic oxidation sites excluding steroid dienone is 1. The second kappa shape index (κ2) is 7.59. The van der Waals surface area contributed by atoms with Crippen LogP contribution in [0, 0.1) is 0 Å². The number of carbonyl (C=O) groups is 1. The van der Waals surface area contributed by atoms with E-state index in [9.17, 15) is 4.79 Å². The molecule has 1 unspecified atom stereocenters. The van der Waals surface area contributed by atoms with Gasteiger partial charge in [-0.3, -0.25) is 4.90 Å². The summed E-state index contributed by atoms with van der Waals surface area (Å²) in [5.74, 6) is 0.995. The number of carbonyl (C=O) groups excluding carboxylic acids is 1. The van der Waals surface area contributed by atoms with E-state index >= 15 is 0 Å². The van der Waals surface area contributed by atoms with Crippen molar-refractivity contribution in [2.45, 2.75) is 33.2 Å². The van der Waals surface area contributed by atoms with E-state index in [0.717, 1.165) is 28.1 Å². The van der Waals surface area contributed by atoms with E-state index in [1.165, 1.54) is 5.56 Å². The zero-order valence-electron chi connectivity index (χ0n) is 16.1. The number of nitrogens with one attached hydrogen (secondary N) is 1. The topological polar surface area (TPSA) is 71.3 Å². The quantitative estimate of drug-likeness (QED) is 0.670. The monoisotopic (exact) mass is 394 g/mol. The minimum atomic E-state index is -0.335. The molecule has 2 amide bonds. The minimum absolute atomic E-state index is 0.119. The molecule has 28 heavy (non-hydrogen) atoms. The molecule has 1 N–H and O–H groups in total. The molecule has 1 atom stereocenters. The highest BCUT2D eigenvalue weighted by Gasteiger charge is 2.35. The molecule has 0 bridgehead atoms. The predicted molar refractivity (Wildman–Crippen MR) is 110 cm³/mol. The van der Waals surface area contributed by atoms with Crippen molar-refractivity contribution in [1.82, 2.24) is 20.4 Å². The van der Waals surface area contributed by atoms with E-state index < -0.39 is 0 Å². The Hall–Kier alpha value is -2.93. The maximum Gasteiger partial charge on any atom is 0.322 e. The zero-order chi connectivity index (χ0) is 19.7. The first kappa shape index (κ1) is 18.4. The first-order valence-corrected chi connectivity index (χ1v) is 10.3. The van der Waals surface area contributed by atoms with E-state index in [4.69, 9.17) is 4.52 Å². The molecule has 1 aromatic carbocycles. The van der Waals surface area contributed by atoms with Crippen LogP contribution in [0.25, 0.3) is 16.3 Å². The van der Waals surface area contributed by atoms with Crippen LogP contribution in [0.1, 0.15) is 43.8 Å². The third-order valence-corrected chi connectivity index (χ3v) is 5.90. The van der Waals surface area contributed by atoms with E-state index in [0.29, 0.717) is 18.3 Å². The summed E-state index contributed by atoms with van der Waals surface area (Å²) in [6, 6.07) is 11.7. The van der Waals surface area contributed by atoms with Gasteiger partial charge in [-0.05, 0) is 42.8 Å². The van der Waals surface area contributed by atoms with Gasteiger partial charge >= 0.3 is 6.03 Å². The zero-order valence-corrected chi connectivity index (χ0v) is 16.9. The maximum absolute atomic E-state index is 12.6. The van der Waals surface area contributed by atoms with Crippen LogP contribution in [0.15, 0.2) is 52.0 Å². The van der Waals surface area contributed by atoms with Gasteiger partial charge in [0.2, 0.25) is 5.82 Å². The van der Waals surface area contributed by atoms with Crippen molar-refractivity contribution in [3.05, 3.63) is 64.5 Å². The van der Waals surface area contributed by atoms with Crippen molar-refractivity contribution in [2.24, 2.45) is 0 Å². The molecular weight excluding hydrogens is 372 g/mol. The molecule has 3 heterocycles. The van der Waals surface area contributed by atoms with E-state index in [-0.39, 0.29) is 12.1 Å². The second-order valence-electron chi connectivity index (χ2n) is 6.62. The van der Waals surface area contributed by atoms with E-state index in [2.05, 4.69) is 46.6 Å². The summed E-state index contributed by atoms with van der Waals surface area (Å²) in [4.78, 5) is 19.9. The number of amides is 2. The Morgan fingerprint density at radius 3 is 2.64 bits per heavy atom. The van der Waals surface area contributed by atoms with Crippen molar-refractivity contribution in [1.29, 1.82) is 0 Å². The fraction of sp³-hybridized carbons (Fsp3) is 0.286. The average molecular weight is 394 g/mol. The van der Waals surface area contributed by atoms with Gasteiger partial charge in [-0.2, -0.15) is 4.98 Å². The molecule has 2 aromatic heterocycles. The van der Waals surface area contributed by atoms with Crippen molar-refractivity contribution < 1.29 is 9.32 Å². The number of urea groups is 1. The summed E-state index contributed by atoms with van der Waals surface area (Å²) in [5.41, 5.74) is 3.91. The third kappa shape index (κ3) is 3.22. The number of nitrogens with zero attached hydrogens (tertiary/aromatic N) is 3. The summed E-state index contributed by atoms with van der Waals surface area (Å²) >= 11 is 1.56. The molecular formula is C21H22N4O2S. The SMILES string of the molecule is CCc1ccc(C2NC(=O)N(CC)C(C)=C2c2nc(-c3cccs3)no2)cc1. The lowest BCUT2D eigenvalue weighted by atomic mass is 9.94. The number of hydrogen-bond acceptors (Lipinski definition) is 5. The second-order valence-corrected chi connectivity index (χ2v) is 7.57. The van der Waals surface area contributed by atoms with Crippen LogP contribution in [0.3, 0.4) is 0 Å². The van der Waals surface area contributed by atoms with Crippen LogP contribution < -0.4 is 5.32 Å². The first-order chi connectivity index (χ1) is 13.6. The number of aryl methyl sites for hydroxylation is 1. The van der Waals surface area contributed by atoms with Crippen LogP contribution in [0.4, 0.5) is 4.79 Å². The molecule has 3 aromatic rings. The summed E-state index contributed by atoms with van der Waals surface area (Å²) in [6.07, 6.45) is 0.969. The Morgan fingerprint density at radius 2 is 2.00 bits per heavy atom. The van der Waals surface area contributed by atoms with Crippen molar-refractivity contribution in [2.75, 3.05) is 6.54 Å². The molecule has 0 saturated carbocycles. The predicted octanol–water partition coefficient (Wildman–Crippen LogP) is 4.88. The van der Waals surface area contributed by atoms with Gasteiger partial charge in [0.1, 0.15) is 0 Å². The molecule has 0 radical (unpaired) electrons. The van der Waals surface area contributed by atoms with Crippen LogP contribution in [0.5, 0.6) is 0 Å². The molecule has 0 saturated heterocycles. The lowest BCUT2D eigenvalue weighted by molar-refractivity contribution is 0.207. The Kier molecular flexibility index (Phi) is 5.00. The normalized spacial score (nSPS) is 17.2. The van der Waals surface area contributed by atoms with Crippen molar-refractivity contribution in [3.63, 3.8) is 0 Å². The van der Waals surface area contributed by atoms with Crippen LogP contribution >= 0.6 is 11.3 Å². The Balaban J connectivity index is 1.80. The Labute approximate surface area is 167 Å². The largest absolute Gasteiger partial charge is 0.334 e. The summed E-state index contributed by atoms with van der Waals surface area (Å²) in [7, 11) is 0. The van der Waals surface area contributed by atoms with Gasteiger partial charge in [0.05, 0.1) is 16.5 Å². The number of hydrogen-bond donors (Lipinski definition) is 1. The van der Waals surface area contributed by atoms with Crippen molar-refractivity contribution in [3.8, 4) is 10.7 Å². The smallest absolute Gasteiger partial charge is 0.322 e. The number of benzene rings is 1. The fourth-order valence-corrected chi connectivity index (χ4v) is 4.12. The summed E-state index contributed by atoms with van der Waals surface area (Å²) < 4.78 is 5.63. The highest BCUT2D eigenvalue weighted by atomic mass is 32.1. The third-order valence-electron chi connectivity index (χ3n) is 5.03. The fourth-order valence-electron chi connectivity index (χ4n) is 3.47. The minimum Gasteiger partial charge on any atom is -0.334 e. The molecule has 144 valence electrons. The molecule has 4 rings (SSSR count). The molecule has 1 aliphatic rings. The van der Waals surface area contributed by atoms with Gasteiger partial charge < -0.3 is 9.84 Å². The first-order valence-electron chi connectivity index (χ1n) is 9.38. The van der Waals surface area contributed by atoms with Crippen LogP contribution in [-0.4, -0.2) is 27.6 Å². The summed E-state index contributed by atoms with van der Waals surface area (Å²) in [6.45, 7) is 6.56. The lowest BCUT2D eigenvalue weighted by Gasteiger charge is -2.34. The van der Waals surface area contributed by atoms with Crippen molar-refractivity contribution >= 4 is 22.9 Å². The molecule has 7 heteroatoms. The van der Waals surface area contributed by atoms with Gasteiger partial charge in [0.25, 0.3) is 5.89 Å². The van der Waals surface area contributed by atoms with E-state index in [1.807, 2.05) is 31.4 Å². The number of aromatic nitrogens is 2. The highest BCUT2D eigenvalue weighted by molar-refractivity contribution is 7.13. The highest BCUT2D eigenvalue weighted by Crippen LogP contribution is 2.37. The van der Waals surface area contributed by atoms with Gasteiger partial charge in [-0.15, -0.1) is 11.3 Å². The maximum atomic E-state index is 12.6. The van der Waals surface area contributed by atoms with E-state index in [1.54, 1.807) is 16.2 Å². The Bertz CT molecular complexity index is 1010. The average Bonchev–Trinajstić information content (AvgIpc) is 3.40. The molecule has 0 spiro atoms. The molecule has 0 aliphatic carbocycles.